The highest BCUT2D eigenvalue weighted by Gasteiger charge is 2.55. The van der Waals surface area contributed by atoms with E-state index in [4.69, 9.17) is 29.5 Å². The Morgan fingerprint density at radius 2 is 0.459 bits per heavy atom. The summed E-state index contributed by atoms with van der Waals surface area (Å²) in [6.45, 7) is 87.6. The molecule has 8 saturated heterocycles. The fraction of sp³-hybridized carbons (Fsp3) is 0.916. The van der Waals surface area contributed by atoms with E-state index in [1.54, 1.807) is 0 Å². The van der Waals surface area contributed by atoms with Gasteiger partial charge in [0.15, 0.2) is 0 Å². The Morgan fingerprint density at radius 3 is 0.669 bits per heavy atom. The standard InChI is InChI=1S/C107H205N23O3/c1-44-49-83(75-59-92(4,5)117(36)93(6,7)60-75)108-86-56-89(114-128(111-86)131-80-69-102(24,25)122(41)103(26,27)70-80)125(52-47-54-126(78-65-98(16,17)120(39)99(18,19)66-78)90-57-87(109-84(50-45-2)76-61-94(8,9)118(37)95(10,11)62-76)112-129(115-90)132-81-71-104(28,29)123(42)105(30,31)72-81)53-48-55-127(79-67-100(20,21)121(40)101(22,23)68-79)91-58-88(110-85(51-46-3)77-63-96(12,13)119(38)97(14,15)64-77)113-130(116-91)133-82-73-106(32,33)124(43)107(34,35)74-82/h56-58,75-85,114-116H,44-55,59-74H2,1-43H3,(H,108,111)(H,109,112)(H,110,113). The van der Waals surface area contributed by atoms with Gasteiger partial charge in [-0.2, -0.15) is 0 Å². The Balaban J connectivity index is 1.07. The first kappa shape index (κ1) is 109. The third kappa shape index (κ3) is 25.0. The van der Waals surface area contributed by atoms with Crippen LogP contribution in [0.1, 0.15) is 396 Å². The van der Waals surface area contributed by atoms with Crippen LogP contribution >= 0.6 is 0 Å². The van der Waals surface area contributed by atoms with Crippen molar-refractivity contribution in [3.8, 4) is 0 Å². The molecule has 6 N–H and O–H groups in total. The number of hydrogen-bond donors (Lipinski definition) is 6. The minimum Gasteiger partial charge on any atom is -0.357 e. The molecular formula is C107H205N23O3. The van der Waals surface area contributed by atoms with Crippen LogP contribution in [0.15, 0.2) is 50.7 Å². The second-order valence-electron chi connectivity index (χ2n) is 54.3. The van der Waals surface area contributed by atoms with Gasteiger partial charge in [0.2, 0.25) is 0 Å². The second-order valence-corrected chi connectivity index (χ2v) is 54.3. The third-order valence-electron chi connectivity index (χ3n) is 37.1. The van der Waals surface area contributed by atoms with E-state index in [2.05, 4.69) is 403 Å². The SMILES string of the molecule is CCCC(N=C1C=C(N(CCCN(C2=CC(=NC(CCC)C3CC(C)(C)N(C)C(C)(C)C3)NN(OC3CC(C)(C)N(C)C(C)(C)C3)N2)C2CC(C)(C)N(C)C(C)(C)C2)CCCN(C2=CC(=NC(CCC)C3CC(C)(C)N(C)C(C)(C)C3)NN(OC3CC(C)(C)N(C)C(C)(C)C3)N2)C2CC(C)(C)N(C)C(C)(C)C2)NN(OC2CC(C)(C)N(C)C(C)(C)C2)N1)C1CC(C)(C)N(C)C(C)(C)C1. The van der Waals surface area contributed by atoms with E-state index in [1.165, 1.54) is 0 Å². The number of amidine groups is 3. The highest BCUT2D eigenvalue weighted by molar-refractivity contribution is 5.94. The molecule has 133 heavy (non-hydrogen) atoms. The molecule has 0 amide bonds. The zero-order valence-electron chi connectivity index (χ0n) is 93.7. The highest BCUT2D eigenvalue weighted by Crippen LogP contribution is 2.50. The maximum atomic E-state index is 7.54. The lowest BCUT2D eigenvalue weighted by Crippen LogP contribution is -2.65. The molecule has 11 aliphatic rings. The van der Waals surface area contributed by atoms with Gasteiger partial charge in [0.1, 0.15) is 35.0 Å². The largest absolute Gasteiger partial charge is 0.357 e. The summed E-state index contributed by atoms with van der Waals surface area (Å²) in [5, 5.41) is 5.66. The number of hydrogen-bond acceptors (Lipinski definition) is 23. The normalized spacial score (nSPS) is 30.0. The molecule has 3 unspecified atom stereocenters. The smallest absolute Gasteiger partial charge is 0.142 e. The summed E-state index contributed by atoms with van der Waals surface area (Å²) in [4.78, 5) is 69.6. The number of nitrogens with zero attached hydrogens (tertiary/aromatic N) is 17. The summed E-state index contributed by atoms with van der Waals surface area (Å²) >= 11 is 0. The molecule has 8 fully saturated rings. The number of nitrogens with one attached hydrogen (secondary N) is 6. The maximum absolute atomic E-state index is 7.54. The minimum absolute atomic E-state index is 0.00302. The first-order valence-electron chi connectivity index (χ1n) is 52.9. The number of rotatable bonds is 31. The summed E-state index contributed by atoms with van der Waals surface area (Å²) in [5.41, 5.74) is 22.5. The van der Waals surface area contributed by atoms with Crippen molar-refractivity contribution < 1.29 is 14.5 Å². The molecule has 26 heteroatoms. The van der Waals surface area contributed by atoms with E-state index < -0.39 is 0 Å². The Kier molecular flexibility index (Phi) is 32.6. The molecule has 11 heterocycles. The minimum atomic E-state index is -0.129. The summed E-state index contributed by atoms with van der Waals surface area (Å²) in [6.07, 6.45) is 30.0. The fourth-order valence-corrected chi connectivity index (χ4v) is 27.7. The molecule has 26 nitrogen and oxygen atoms in total. The van der Waals surface area contributed by atoms with Crippen molar-refractivity contribution in [3.63, 3.8) is 0 Å². The summed E-state index contributed by atoms with van der Waals surface area (Å²) in [7, 11) is 18.6. The van der Waals surface area contributed by atoms with Crippen molar-refractivity contribution in [1.82, 2.24) is 102 Å². The highest BCUT2D eigenvalue weighted by atomic mass is 16.8. The van der Waals surface area contributed by atoms with Crippen LogP contribution in [0, 0.1) is 17.8 Å². The molecule has 0 saturated carbocycles. The van der Waals surface area contributed by atoms with Gasteiger partial charge < -0.3 is 14.7 Å². The average Bonchev–Trinajstić information content (AvgIpc) is 0.775. The van der Waals surface area contributed by atoms with Crippen molar-refractivity contribution in [2.24, 2.45) is 32.7 Å². The van der Waals surface area contributed by atoms with Gasteiger partial charge in [0.05, 0.1) is 36.4 Å². The van der Waals surface area contributed by atoms with Crippen molar-refractivity contribution in [1.29, 1.82) is 0 Å². The van der Waals surface area contributed by atoms with E-state index in [0.29, 0.717) is 17.8 Å². The molecule has 766 valence electrons. The van der Waals surface area contributed by atoms with E-state index >= 15 is 0 Å². The van der Waals surface area contributed by atoms with Crippen LogP contribution in [-0.4, -0.2) is 307 Å². The number of hydrazine groups is 6. The molecule has 11 aliphatic heterocycles. The number of aliphatic imine (C=N–C) groups is 3. The Bertz CT molecular complexity index is 3770. The van der Waals surface area contributed by atoms with Crippen molar-refractivity contribution >= 4 is 17.5 Å². The van der Waals surface area contributed by atoms with Gasteiger partial charge in [-0.1, -0.05) is 40.0 Å². The molecule has 0 aliphatic carbocycles. The van der Waals surface area contributed by atoms with E-state index in [0.717, 1.165) is 215 Å². The fourth-order valence-electron chi connectivity index (χ4n) is 27.7. The molecular weight excluding hydrogens is 1660 g/mol. The monoisotopic (exact) mass is 1860 g/mol. The van der Waals surface area contributed by atoms with Gasteiger partial charge in [-0.25, -0.2) is 0 Å². The first-order chi connectivity index (χ1) is 60.8. The lowest BCUT2D eigenvalue weighted by molar-refractivity contribution is -0.272. The molecule has 0 aromatic heterocycles. The summed E-state index contributed by atoms with van der Waals surface area (Å²) in [6, 6.07) is 0.540. The van der Waals surface area contributed by atoms with Gasteiger partial charge in [0.25, 0.3) is 0 Å². The van der Waals surface area contributed by atoms with Crippen LogP contribution < -0.4 is 32.6 Å². The van der Waals surface area contributed by atoms with Crippen LogP contribution in [0.2, 0.25) is 0 Å². The van der Waals surface area contributed by atoms with Gasteiger partial charge in [0, 0.05) is 145 Å². The van der Waals surface area contributed by atoms with Gasteiger partial charge >= 0.3 is 0 Å². The summed E-state index contributed by atoms with van der Waals surface area (Å²) < 4.78 is 0. The van der Waals surface area contributed by atoms with Gasteiger partial charge in [-0.3, -0.25) is 101 Å². The zero-order valence-corrected chi connectivity index (χ0v) is 93.7. The van der Waals surface area contributed by atoms with Crippen LogP contribution in [0.5, 0.6) is 0 Å². The first-order valence-corrected chi connectivity index (χ1v) is 52.9. The Morgan fingerprint density at radius 1 is 0.271 bits per heavy atom. The predicted octanol–water partition coefficient (Wildman–Crippen LogP) is 18.6. The summed E-state index contributed by atoms with van der Waals surface area (Å²) in [5.74, 6) is 6.66. The van der Waals surface area contributed by atoms with E-state index in [1.807, 2.05) is 15.8 Å². The van der Waals surface area contributed by atoms with Gasteiger partial charge in [-0.05, 0) is 446 Å². The average molecular weight is 1860 g/mol. The molecule has 0 radical (unpaired) electrons. The lowest BCUT2D eigenvalue weighted by atomic mass is 9.71. The third-order valence-corrected chi connectivity index (χ3v) is 37.1. The van der Waals surface area contributed by atoms with E-state index in [9.17, 15) is 0 Å². The van der Waals surface area contributed by atoms with Crippen LogP contribution in [-0.2, 0) is 14.5 Å². The van der Waals surface area contributed by atoms with Crippen molar-refractivity contribution in [2.45, 2.75) is 534 Å². The second kappa shape index (κ2) is 39.6. The molecule has 0 bridgehead atoms. The molecule has 0 spiro atoms. The quantitative estimate of drug-likeness (QED) is 0.0385. The predicted molar refractivity (Wildman–Crippen MR) is 555 cm³/mol. The number of piperidine rings is 8. The van der Waals surface area contributed by atoms with E-state index in [-0.39, 0.29) is 137 Å². The lowest BCUT2D eigenvalue weighted by Gasteiger charge is -2.56. The molecule has 3 atom stereocenters. The van der Waals surface area contributed by atoms with Crippen molar-refractivity contribution in [3.05, 3.63) is 35.7 Å². The van der Waals surface area contributed by atoms with Crippen molar-refractivity contribution in [2.75, 3.05) is 82.6 Å². The molecule has 0 aromatic carbocycles. The van der Waals surface area contributed by atoms with Crippen LogP contribution in [0.25, 0.3) is 0 Å². The van der Waals surface area contributed by atoms with Crippen LogP contribution in [0.4, 0.5) is 0 Å². The Labute approximate surface area is 814 Å². The maximum Gasteiger partial charge on any atom is 0.142 e. The number of likely N-dealkylation sites (tertiary alicyclic amines) is 8. The Hall–Kier alpha value is -4.13. The van der Waals surface area contributed by atoms with Crippen LogP contribution in [0.3, 0.4) is 0 Å². The topological polar surface area (TPSA) is 182 Å². The molecule has 11 rings (SSSR count). The zero-order chi connectivity index (χ0) is 99.3. The van der Waals surface area contributed by atoms with Gasteiger partial charge in [-0.15, -0.1) is 0 Å². The molecule has 0 aromatic rings.